The highest BCUT2D eigenvalue weighted by molar-refractivity contribution is 6.00. The second-order valence-electron chi connectivity index (χ2n) is 6.84. The Balaban J connectivity index is 1.58. The molecule has 0 unspecified atom stereocenters. The van der Waals surface area contributed by atoms with Gasteiger partial charge in [-0.15, -0.1) is 0 Å². The highest BCUT2D eigenvalue weighted by Crippen LogP contribution is 2.29. The van der Waals surface area contributed by atoms with Crippen molar-refractivity contribution >= 4 is 17.5 Å². The predicted molar refractivity (Wildman–Crippen MR) is 101 cm³/mol. The van der Waals surface area contributed by atoms with Gasteiger partial charge in [-0.25, -0.2) is 0 Å². The summed E-state index contributed by atoms with van der Waals surface area (Å²) in [6, 6.07) is 12.9. The molecule has 136 valence electrons. The van der Waals surface area contributed by atoms with Crippen LogP contribution in [0.15, 0.2) is 42.5 Å². The Bertz CT molecular complexity index is 832. The minimum Gasteiger partial charge on any atom is -0.508 e. The lowest BCUT2D eigenvalue weighted by Crippen LogP contribution is -2.34. The van der Waals surface area contributed by atoms with Crippen molar-refractivity contribution in [1.29, 1.82) is 0 Å². The molecule has 1 heterocycles. The maximum atomic E-state index is 12.4. The van der Waals surface area contributed by atoms with E-state index in [0.717, 1.165) is 22.4 Å². The molecule has 1 fully saturated rings. The molecule has 0 bridgehead atoms. The molecule has 0 aromatic heterocycles. The first-order chi connectivity index (χ1) is 12.5. The molecule has 2 aromatic rings. The molecule has 0 aliphatic carbocycles. The van der Waals surface area contributed by atoms with E-state index in [1.807, 2.05) is 38.1 Å². The molecule has 1 aliphatic rings. The van der Waals surface area contributed by atoms with Gasteiger partial charge in [-0.2, -0.15) is 0 Å². The third-order valence-corrected chi connectivity index (χ3v) is 4.99. The fraction of sp³-hybridized carbons (Fsp3) is 0.333. The van der Waals surface area contributed by atoms with Crippen LogP contribution in [0.5, 0.6) is 5.75 Å². The van der Waals surface area contributed by atoms with Crippen molar-refractivity contribution in [1.82, 2.24) is 5.32 Å². The van der Waals surface area contributed by atoms with E-state index in [9.17, 15) is 14.7 Å². The lowest BCUT2D eigenvalue weighted by molar-refractivity contribution is -0.126. The molecule has 0 spiro atoms. The van der Waals surface area contributed by atoms with Gasteiger partial charge in [0.2, 0.25) is 11.8 Å². The molecule has 1 aliphatic heterocycles. The molecule has 0 saturated carbocycles. The Morgan fingerprint density at radius 3 is 2.77 bits per heavy atom. The average molecular weight is 352 g/mol. The summed E-state index contributed by atoms with van der Waals surface area (Å²) in [7, 11) is 0. The number of carbonyl (C=O) groups is 2. The van der Waals surface area contributed by atoms with E-state index < -0.39 is 0 Å². The zero-order valence-corrected chi connectivity index (χ0v) is 15.2. The standard InChI is InChI=1S/C21H24N2O3/c1-14-5-3-8-19(15(14)2)23-13-17(12-20(23)25)21(26)22-10-9-16-6-4-7-18(24)11-16/h3-8,11,17,24H,9-10,12-13H2,1-2H3,(H,22,26)/t17-/m1/s1. The van der Waals surface area contributed by atoms with E-state index in [4.69, 9.17) is 0 Å². The average Bonchev–Trinajstić information content (AvgIpc) is 2.99. The summed E-state index contributed by atoms with van der Waals surface area (Å²) in [5.74, 6) is -0.205. The number of hydrogen-bond acceptors (Lipinski definition) is 3. The van der Waals surface area contributed by atoms with E-state index in [1.165, 1.54) is 0 Å². The van der Waals surface area contributed by atoms with Crippen molar-refractivity contribution in [2.45, 2.75) is 26.7 Å². The number of nitrogens with one attached hydrogen (secondary N) is 1. The SMILES string of the molecule is Cc1cccc(N2C[C@H](C(=O)NCCc3cccc(O)c3)CC2=O)c1C. The first kappa shape index (κ1) is 18.0. The van der Waals surface area contributed by atoms with Crippen LogP contribution in [0.2, 0.25) is 0 Å². The van der Waals surface area contributed by atoms with Gasteiger partial charge in [0, 0.05) is 25.2 Å². The summed E-state index contributed by atoms with van der Waals surface area (Å²) in [5, 5.41) is 12.4. The Hall–Kier alpha value is -2.82. The zero-order chi connectivity index (χ0) is 18.7. The molecule has 5 nitrogen and oxygen atoms in total. The number of phenols is 1. The maximum Gasteiger partial charge on any atom is 0.227 e. The van der Waals surface area contributed by atoms with Crippen LogP contribution in [-0.4, -0.2) is 30.0 Å². The van der Waals surface area contributed by atoms with E-state index >= 15 is 0 Å². The summed E-state index contributed by atoms with van der Waals surface area (Å²) >= 11 is 0. The van der Waals surface area contributed by atoms with E-state index in [-0.39, 0.29) is 29.9 Å². The van der Waals surface area contributed by atoms with Gasteiger partial charge in [0.25, 0.3) is 0 Å². The fourth-order valence-corrected chi connectivity index (χ4v) is 3.33. The van der Waals surface area contributed by atoms with Crippen LogP contribution in [0.1, 0.15) is 23.1 Å². The number of carbonyl (C=O) groups excluding carboxylic acids is 2. The Morgan fingerprint density at radius 1 is 1.23 bits per heavy atom. The monoisotopic (exact) mass is 352 g/mol. The van der Waals surface area contributed by atoms with Gasteiger partial charge in [0.1, 0.15) is 5.75 Å². The first-order valence-electron chi connectivity index (χ1n) is 8.88. The van der Waals surface area contributed by atoms with Gasteiger partial charge < -0.3 is 15.3 Å². The van der Waals surface area contributed by atoms with E-state index in [2.05, 4.69) is 5.32 Å². The van der Waals surface area contributed by atoms with Gasteiger partial charge in [-0.05, 0) is 55.2 Å². The fourth-order valence-electron chi connectivity index (χ4n) is 3.33. The smallest absolute Gasteiger partial charge is 0.227 e. The van der Waals surface area contributed by atoms with Crippen molar-refractivity contribution in [2.24, 2.45) is 5.92 Å². The number of benzene rings is 2. The number of hydrogen-bond donors (Lipinski definition) is 2. The summed E-state index contributed by atoms with van der Waals surface area (Å²) in [5.41, 5.74) is 4.06. The molecule has 1 saturated heterocycles. The zero-order valence-electron chi connectivity index (χ0n) is 15.2. The molecule has 26 heavy (non-hydrogen) atoms. The number of amides is 2. The van der Waals surface area contributed by atoms with Gasteiger partial charge >= 0.3 is 0 Å². The van der Waals surface area contributed by atoms with Crippen molar-refractivity contribution in [3.8, 4) is 5.75 Å². The van der Waals surface area contributed by atoms with Gasteiger partial charge in [-0.1, -0.05) is 24.3 Å². The van der Waals surface area contributed by atoms with Crippen LogP contribution >= 0.6 is 0 Å². The van der Waals surface area contributed by atoms with Crippen molar-refractivity contribution in [2.75, 3.05) is 18.0 Å². The number of rotatable bonds is 5. The van der Waals surface area contributed by atoms with Crippen LogP contribution in [0, 0.1) is 19.8 Å². The maximum absolute atomic E-state index is 12.4. The summed E-state index contributed by atoms with van der Waals surface area (Å²) in [6.07, 6.45) is 0.882. The third-order valence-electron chi connectivity index (χ3n) is 4.99. The van der Waals surface area contributed by atoms with Crippen LogP contribution in [0.4, 0.5) is 5.69 Å². The quantitative estimate of drug-likeness (QED) is 0.869. The van der Waals surface area contributed by atoms with E-state index in [1.54, 1.807) is 23.1 Å². The topological polar surface area (TPSA) is 69.6 Å². The van der Waals surface area contributed by atoms with Crippen molar-refractivity contribution in [3.63, 3.8) is 0 Å². The molecule has 2 aromatic carbocycles. The Kier molecular flexibility index (Phi) is 5.26. The predicted octanol–water partition coefficient (Wildman–Crippen LogP) is 2.72. The number of phenolic OH excluding ortho intramolecular Hbond substituents is 1. The van der Waals surface area contributed by atoms with Crippen molar-refractivity contribution in [3.05, 3.63) is 59.2 Å². The molecular weight excluding hydrogens is 328 g/mol. The van der Waals surface area contributed by atoms with Gasteiger partial charge in [0.15, 0.2) is 0 Å². The molecular formula is C21H24N2O3. The minimum atomic E-state index is -0.327. The van der Waals surface area contributed by atoms with Crippen LogP contribution in [0.3, 0.4) is 0 Å². The summed E-state index contributed by atoms with van der Waals surface area (Å²) in [4.78, 5) is 26.6. The number of nitrogens with zero attached hydrogens (tertiary/aromatic N) is 1. The minimum absolute atomic E-state index is 0.00756. The normalized spacial score (nSPS) is 16.8. The number of aromatic hydroxyl groups is 1. The second-order valence-corrected chi connectivity index (χ2v) is 6.84. The van der Waals surface area contributed by atoms with Gasteiger partial charge in [-0.3, -0.25) is 9.59 Å². The molecule has 5 heteroatoms. The lowest BCUT2D eigenvalue weighted by Gasteiger charge is -2.20. The molecule has 2 N–H and O–H groups in total. The van der Waals surface area contributed by atoms with E-state index in [0.29, 0.717) is 19.5 Å². The largest absolute Gasteiger partial charge is 0.508 e. The van der Waals surface area contributed by atoms with Gasteiger partial charge in [0.05, 0.1) is 5.92 Å². The van der Waals surface area contributed by atoms with Crippen LogP contribution in [-0.2, 0) is 16.0 Å². The molecule has 3 rings (SSSR count). The summed E-state index contributed by atoms with van der Waals surface area (Å²) < 4.78 is 0. The number of aryl methyl sites for hydroxylation is 1. The Labute approximate surface area is 153 Å². The molecule has 0 radical (unpaired) electrons. The van der Waals surface area contributed by atoms with Crippen molar-refractivity contribution < 1.29 is 14.7 Å². The highest BCUT2D eigenvalue weighted by atomic mass is 16.3. The lowest BCUT2D eigenvalue weighted by atomic mass is 10.1. The third kappa shape index (κ3) is 3.87. The number of anilines is 1. The van der Waals surface area contributed by atoms with Crippen LogP contribution in [0.25, 0.3) is 0 Å². The summed E-state index contributed by atoms with van der Waals surface area (Å²) in [6.45, 7) is 4.92. The highest BCUT2D eigenvalue weighted by Gasteiger charge is 2.35. The second kappa shape index (κ2) is 7.60. The molecule has 1 atom stereocenters. The molecule has 2 amide bonds. The van der Waals surface area contributed by atoms with Crippen LogP contribution < -0.4 is 10.2 Å². The Morgan fingerprint density at radius 2 is 2.00 bits per heavy atom. The first-order valence-corrected chi connectivity index (χ1v) is 8.88.